The average Bonchev–Trinajstić information content (AvgIpc) is 2.80. The Bertz CT molecular complexity index is 642. The number of benzene rings is 1. The third kappa shape index (κ3) is 3.29. The third-order valence-corrected chi connectivity index (χ3v) is 4.11. The van der Waals surface area contributed by atoms with Gasteiger partial charge in [-0.3, -0.25) is 9.36 Å². The van der Waals surface area contributed by atoms with Gasteiger partial charge < -0.3 is 5.11 Å². The number of hydrogen-bond acceptors (Lipinski definition) is 4. The van der Waals surface area contributed by atoms with Crippen molar-refractivity contribution in [3.05, 3.63) is 41.4 Å². The van der Waals surface area contributed by atoms with Gasteiger partial charge in [0.25, 0.3) is 0 Å². The number of carbonyl (C=O) groups is 1. The zero-order valence-electron chi connectivity index (χ0n) is 10.5. The molecule has 0 saturated carbocycles. The molecule has 20 heavy (non-hydrogen) atoms. The van der Waals surface area contributed by atoms with E-state index in [1.807, 2.05) is 28.8 Å². The molecule has 0 saturated heterocycles. The molecule has 0 bridgehead atoms. The van der Waals surface area contributed by atoms with Crippen molar-refractivity contribution in [3.8, 4) is 11.4 Å². The second kappa shape index (κ2) is 6.71. The first-order valence-electron chi connectivity index (χ1n) is 5.77. The van der Waals surface area contributed by atoms with Gasteiger partial charge in [-0.25, -0.2) is 0 Å². The van der Waals surface area contributed by atoms with Gasteiger partial charge in [0, 0.05) is 16.6 Å². The number of thioether (sulfide) groups is 1. The highest BCUT2D eigenvalue weighted by molar-refractivity contribution is 9.10. The van der Waals surface area contributed by atoms with E-state index in [2.05, 4.69) is 32.7 Å². The number of halogens is 1. The maximum atomic E-state index is 10.7. The predicted molar refractivity (Wildman–Crippen MR) is 81.7 cm³/mol. The number of carboxylic acid groups (broad SMARTS) is 1. The molecule has 5 nitrogen and oxygen atoms in total. The predicted octanol–water partition coefficient (Wildman–Crippen LogP) is 3.07. The Morgan fingerprint density at radius 3 is 2.85 bits per heavy atom. The number of hydrogen-bond donors (Lipinski definition) is 1. The lowest BCUT2D eigenvalue weighted by atomic mass is 10.2. The van der Waals surface area contributed by atoms with Crippen molar-refractivity contribution >= 4 is 33.7 Å². The fourth-order valence-electron chi connectivity index (χ4n) is 1.66. The lowest BCUT2D eigenvalue weighted by Gasteiger charge is -2.08. The Hall–Kier alpha value is -1.60. The Balaban J connectivity index is 2.41. The number of aliphatic carboxylic acids is 1. The van der Waals surface area contributed by atoms with Crippen molar-refractivity contribution in [2.24, 2.45) is 0 Å². The Morgan fingerprint density at radius 1 is 1.45 bits per heavy atom. The molecule has 1 aromatic carbocycles. The summed E-state index contributed by atoms with van der Waals surface area (Å²) in [6.45, 7) is 4.23. The van der Waals surface area contributed by atoms with E-state index in [0.29, 0.717) is 17.5 Å². The quantitative estimate of drug-likeness (QED) is 0.638. The van der Waals surface area contributed by atoms with Crippen LogP contribution in [0.4, 0.5) is 0 Å². The third-order valence-electron chi connectivity index (χ3n) is 2.47. The number of carboxylic acids is 1. The van der Waals surface area contributed by atoms with E-state index in [9.17, 15) is 4.79 Å². The van der Waals surface area contributed by atoms with Gasteiger partial charge >= 0.3 is 5.97 Å². The van der Waals surface area contributed by atoms with Crippen LogP contribution in [0.1, 0.15) is 0 Å². The van der Waals surface area contributed by atoms with Crippen molar-refractivity contribution in [1.29, 1.82) is 0 Å². The summed E-state index contributed by atoms with van der Waals surface area (Å²) in [4.78, 5) is 10.7. The van der Waals surface area contributed by atoms with Gasteiger partial charge in [-0.15, -0.1) is 16.8 Å². The molecular formula is C13H12BrN3O2S. The van der Waals surface area contributed by atoms with E-state index < -0.39 is 5.97 Å². The van der Waals surface area contributed by atoms with E-state index in [1.165, 1.54) is 0 Å². The number of rotatable bonds is 6. The average molecular weight is 354 g/mol. The van der Waals surface area contributed by atoms with Gasteiger partial charge in [-0.1, -0.05) is 52.0 Å². The molecule has 0 aliphatic rings. The molecule has 1 aromatic heterocycles. The second-order valence-electron chi connectivity index (χ2n) is 3.87. The van der Waals surface area contributed by atoms with Crippen molar-refractivity contribution in [2.45, 2.75) is 11.7 Å². The molecule has 1 N–H and O–H groups in total. The van der Waals surface area contributed by atoms with Crippen LogP contribution >= 0.6 is 27.7 Å². The fourth-order valence-corrected chi connectivity index (χ4v) is 2.79. The SMILES string of the molecule is C=CCn1c(SCC(=O)O)nnc1-c1ccccc1Br. The number of allylic oxidation sites excluding steroid dienone is 1. The Morgan fingerprint density at radius 2 is 2.20 bits per heavy atom. The maximum Gasteiger partial charge on any atom is 0.313 e. The summed E-state index contributed by atoms with van der Waals surface area (Å²) in [5.74, 6) is -0.249. The molecule has 0 aliphatic carbocycles. The zero-order chi connectivity index (χ0) is 14.5. The van der Waals surface area contributed by atoms with Crippen molar-refractivity contribution in [1.82, 2.24) is 14.8 Å². The van der Waals surface area contributed by atoms with Crippen LogP contribution in [0.15, 0.2) is 46.5 Å². The van der Waals surface area contributed by atoms with E-state index in [1.54, 1.807) is 6.08 Å². The van der Waals surface area contributed by atoms with E-state index in [-0.39, 0.29) is 5.75 Å². The molecule has 0 radical (unpaired) electrons. The van der Waals surface area contributed by atoms with Crippen LogP contribution in [0, 0.1) is 0 Å². The van der Waals surface area contributed by atoms with Crippen molar-refractivity contribution in [2.75, 3.05) is 5.75 Å². The highest BCUT2D eigenvalue weighted by Gasteiger charge is 2.16. The van der Waals surface area contributed by atoms with Gasteiger partial charge in [0.15, 0.2) is 11.0 Å². The fraction of sp³-hybridized carbons (Fsp3) is 0.154. The summed E-state index contributed by atoms with van der Waals surface area (Å²) in [5.41, 5.74) is 0.907. The first-order valence-corrected chi connectivity index (χ1v) is 7.55. The standard InChI is InChI=1S/C13H12BrN3O2S/c1-2-7-17-12(9-5-3-4-6-10(9)14)15-16-13(17)20-8-11(18)19/h2-6H,1,7-8H2,(H,18,19). The van der Waals surface area contributed by atoms with Gasteiger partial charge in [0.1, 0.15) is 0 Å². The Labute approximate surface area is 128 Å². The molecule has 0 aliphatic heterocycles. The minimum atomic E-state index is -0.884. The van der Waals surface area contributed by atoms with E-state index in [0.717, 1.165) is 21.8 Å². The molecule has 104 valence electrons. The summed E-state index contributed by atoms with van der Waals surface area (Å²) >= 11 is 4.63. The minimum absolute atomic E-state index is 0.0504. The molecule has 0 unspecified atom stereocenters. The summed E-state index contributed by atoms with van der Waals surface area (Å²) in [5, 5.41) is 17.6. The van der Waals surface area contributed by atoms with Gasteiger partial charge in [0.05, 0.1) is 5.75 Å². The zero-order valence-corrected chi connectivity index (χ0v) is 12.9. The normalized spacial score (nSPS) is 10.4. The van der Waals surface area contributed by atoms with Gasteiger partial charge in [0.2, 0.25) is 0 Å². The largest absolute Gasteiger partial charge is 0.481 e. The highest BCUT2D eigenvalue weighted by atomic mass is 79.9. The second-order valence-corrected chi connectivity index (χ2v) is 5.66. The van der Waals surface area contributed by atoms with Gasteiger partial charge in [-0.2, -0.15) is 0 Å². The first-order chi connectivity index (χ1) is 9.63. The molecule has 0 atom stereocenters. The molecule has 0 spiro atoms. The molecule has 1 heterocycles. The minimum Gasteiger partial charge on any atom is -0.481 e. The monoisotopic (exact) mass is 353 g/mol. The van der Waals surface area contributed by atoms with E-state index >= 15 is 0 Å². The van der Waals surface area contributed by atoms with E-state index in [4.69, 9.17) is 5.11 Å². The first kappa shape index (κ1) is 14.8. The van der Waals surface area contributed by atoms with Gasteiger partial charge in [-0.05, 0) is 6.07 Å². The van der Waals surface area contributed by atoms with Crippen LogP contribution in [0.2, 0.25) is 0 Å². The van der Waals surface area contributed by atoms with Crippen LogP contribution in [0.5, 0.6) is 0 Å². The highest BCUT2D eigenvalue weighted by Crippen LogP contribution is 2.29. The molecule has 7 heteroatoms. The smallest absolute Gasteiger partial charge is 0.313 e. The Kier molecular flexibility index (Phi) is 4.97. The maximum absolute atomic E-state index is 10.7. The molecule has 0 amide bonds. The molecule has 0 fully saturated rings. The lowest BCUT2D eigenvalue weighted by Crippen LogP contribution is -2.04. The summed E-state index contributed by atoms with van der Waals surface area (Å²) in [7, 11) is 0. The van der Waals surface area contributed by atoms with Crippen LogP contribution in [-0.4, -0.2) is 31.6 Å². The topological polar surface area (TPSA) is 68.0 Å². The van der Waals surface area contributed by atoms with Crippen molar-refractivity contribution < 1.29 is 9.90 Å². The number of aromatic nitrogens is 3. The summed E-state index contributed by atoms with van der Waals surface area (Å²) in [6, 6.07) is 7.69. The van der Waals surface area contributed by atoms with Crippen LogP contribution in [0.3, 0.4) is 0 Å². The molecule has 2 aromatic rings. The van der Waals surface area contributed by atoms with Crippen LogP contribution in [0.25, 0.3) is 11.4 Å². The van der Waals surface area contributed by atoms with Crippen LogP contribution in [-0.2, 0) is 11.3 Å². The summed E-state index contributed by atoms with van der Waals surface area (Å²) in [6.07, 6.45) is 1.73. The molecule has 2 rings (SSSR count). The van der Waals surface area contributed by atoms with Crippen molar-refractivity contribution in [3.63, 3.8) is 0 Å². The van der Waals surface area contributed by atoms with Crippen LogP contribution < -0.4 is 0 Å². The number of nitrogens with zero attached hydrogens (tertiary/aromatic N) is 3. The lowest BCUT2D eigenvalue weighted by molar-refractivity contribution is -0.133. The molecular weight excluding hydrogens is 342 g/mol. The summed E-state index contributed by atoms with van der Waals surface area (Å²) < 4.78 is 2.76.